The van der Waals surface area contributed by atoms with Crippen LogP contribution in [-0.2, 0) is 10.5 Å². The predicted molar refractivity (Wildman–Crippen MR) is 113 cm³/mol. The highest BCUT2D eigenvalue weighted by Gasteiger charge is 2.08. The molecule has 0 atom stereocenters. The van der Waals surface area contributed by atoms with Crippen molar-refractivity contribution in [3.8, 4) is 0 Å². The first-order valence-corrected chi connectivity index (χ1v) is 10.5. The maximum atomic E-state index is 12.3. The molecule has 132 valence electrons. The highest BCUT2D eigenvalue weighted by Crippen LogP contribution is 2.33. The highest BCUT2D eigenvalue weighted by atomic mass is 35.5. The zero-order chi connectivity index (χ0) is 18.2. The molecule has 0 bridgehead atoms. The molecule has 0 aliphatic heterocycles. The molecular formula is C21H18ClNOS2. The van der Waals surface area contributed by atoms with Crippen LogP contribution in [-0.4, -0.2) is 11.7 Å². The summed E-state index contributed by atoms with van der Waals surface area (Å²) in [5, 5.41) is 3.74. The number of nitrogens with one attached hydrogen (secondary N) is 1. The third-order valence-electron chi connectivity index (χ3n) is 3.52. The number of carbonyl (C=O) groups is 1. The van der Waals surface area contributed by atoms with Crippen molar-refractivity contribution in [1.29, 1.82) is 0 Å². The Hall–Kier alpha value is -1.88. The van der Waals surface area contributed by atoms with Crippen LogP contribution < -0.4 is 5.32 Å². The molecule has 1 N–H and O–H groups in total. The van der Waals surface area contributed by atoms with E-state index in [-0.39, 0.29) is 5.91 Å². The Morgan fingerprint density at radius 1 is 0.923 bits per heavy atom. The van der Waals surface area contributed by atoms with Crippen LogP contribution in [0.15, 0.2) is 88.7 Å². The number of hydrogen-bond donors (Lipinski definition) is 1. The minimum Gasteiger partial charge on any atom is -0.324 e. The summed E-state index contributed by atoms with van der Waals surface area (Å²) in [6, 6.07) is 25.7. The average Bonchev–Trinajstić information content (AvgIpc) is 2.64. The second kappa shape index (κ2) is 9.72. The third-order valence-corrected chi connectivity index (χ3v) is 5.85. The summed E-state index contributed by atoms with van der Waals surface area (Å²) in [5.41, 5.74) is 1.96. The number of para-hydroxylation sites is 1. The summed E-state index contributed by atoms with van der Waals surface area (Å²) in [6.45, 7) is 0. The van der Waals surface area contributed by atoms with Gasteiger partial charge in [0.1, 0.15) is 0 Å². The predicted octanol–water partition coefficient (Wildman–Crippen LogP) is 6.36. The molecule has 3 aromatic carbocycles. The lowest BCUT2D eigenvalue weighted by Gasteiger charge is -2.11. The van der Waals surface area contributed by atoms with E-state index in [1.807, 2.05) is 66.7 Å². The monoisotopic (exact) mass is 399 g/mol. The van der Waals surface area contributed by atoms with Crippen molar-refractivity contribution in [1.82, 2.24) is 0 Å². The first-order valence-electron chi connectivity index (χ1n) is 8.15. The van der Waals surface area contributed by atoms with Crippen LogP contribution in [0.1, 0.15) is 5.56 Å². The first-order chi connectivity index (χ1) is 12.7. The number of halogens is 1. The van der Waals surface area contributed by atoms with Crippen LogP contribution in [0.5, 0.6) is 0 Å². The quantitative estimate of drug-likeness (QED) is 0.501. The van der Waals surface area contributed by atoms with Gasteiger partial charge in [-0.15, -0.1) is 11.8 Å². The molecular weight excluding hydrogens is 382 g/mol. The minimum absolute atomic E-state index is 0.00172. The molecule has 0 radical (unpaired) electrons. The summed E-state index contributed by atoms with van der Waals surface area (Å²) in [7, 11) is 0. The lowest BCUT2D eigenvalue weighted by atomic mass is 10.2. The highest BCUT2D eigenvalue weighted by molar-refractivity contribution is 7.99. The normalized spacial score (nSPS) is 10.5. The Balaban J connectivity index is 1.56. The van der Waals surface area contributed by atoms with E-state index in [1.165, 1.54) is 0 Å². The van der Waals surface area contributed by atoms with Gasteiger partial charge in [0.15, 0.2) is 0 Å². The Morgan fingerprint density at radius 2 is 1.69 bits per heavy atom. The van der Waals surface area contributed by atoms with E-state index in [1.54, 1.807) is 23.5 Å². The number of amides is 1. The van der Waals surface area contributed by atoms with Crippen molar-refractivity contribution in [2.24, 2.45) is 0 Å². The van der Waals surface area contributed by atoms with E-state index in [0.717, 1.165) is 31.8 Å². The van der Waals surface area contributed by atoms with Gasteiger partial charge < -0.3 is 5.32 Å². The van der Waals surface area contributed by atoms with Crippen LogP contribution in [0, 0.1) is 0 Å². The van der Waals surface area contributed by atoms with Crippen molar-refractivity contribution in [2.45, 2.75) is 15.5 Å². The number of rotatable bonds is 7. The third kappa shape index (κ3) is 5.84. The summed E-state index contributed by atoms with van der Waals surface area (Å²) < 4.78 is 0. The number of benzene rings is 3. The van der Waals surface area contributed by atoms with Gasteiger partial charge in [-0.1, -0.05) is 65.8 Å². The molecule has 0 aliphatic carbocycles. The Bertz CT molecular complexity index is 871. The smallest absolute Gasteiger partial charge is 0.234 e. The fraction of sp³-hybridized carbons (Fsp3) is 0.0952. The van der Waals surface area contributed by atoms with Gasteiger partial charge >= 0.3 is 0 Å². The van der Waals surface area contributed by atoms with Crippen molar-refractivity contribution >= 4 is 46.7 Å². The topological polar surface area (TPSA) is 29.1 Å². The number of hydrogen-bond acceptors (Lipinski definition) is 3. The zero-order valence-electron chi connectivity index (χ0n) is 14.0. The number of carbonyl (C=O) groups excluding carboxylic acids is 1. The van der Waals surface area contributed by atoms with E-state index in [4.69, 9.17) is 11.6 Å². The van der Waals surface area contributed by atoms with Crippen LogP contribution in [0.4, 0.5) is 5.69 Å². The van der Waals surface area contributed by atoms with Gasteiger partial charge in [0.2, 0.25) is 5.91 Å². The van der Waals surface area contributed by atoms with E-state index in [9.17, 15) is 4.79 Å². The van der Waals surface area contributed by atoms with E-state index in [2.05, 4.69) is 17.4 Å². The average molecular weight is 400 g/mol. The second-order valence-electron chi connectivity index (χ2n) is 5.58. The molecule has 0 saturated carbocycles. The van der Waals surface area contributed by atoms with Gasteiger partial charge in [0.25, 0.3) is 0 Å². The molecule has 0 unspecified atom stereocenters. The molecule has 0 fully saturated rings. The number of anilines is 1. The summed E-state index contributed by atoms with van der Waals surface area (Å²) in [5.74, 6) is 1.16. The SMILES string of the molecule is O=C(CSCc1cccc(Cl)c1)Nc1ccccc1Sc1ccccc1. The Morgan fingerprint density at radius 3 is 2.50 bits per heavy atom. The van der Waals surface area contributed by atoms with Gasteiger partial charge in [-0.2, -0.15) is 0 Å². The van der Waals surface area contributed by atoms with Crippen LogP contribution in [0.3, 0.4) is 0 Å². The molecule has 0 saturated heterocycles. The fourth-order valence-corrected chi connectivity index (χ4v) is 4.26. The molecule has 0 aromatic heterocycles. The van der Waals surface area contributed by atoms with Crippen LogP contribution in [0.25, 0.3) is 0 Å². The fourth-order valence-electron chi connectivity index (χ4n) is 2.35. The first kappa shape index (κ1) is 18.9. The van der Waals surface area contributed by atoms with Gasteiger partial charge in [0.05, 0.1) is 11.4 Å². The van der Waals surface area contributed by atoms with Crippen molar-refractivity contribution in [3.05, 3.63) is 89.4 Å². The van der Waals surface area contributed by atoms with E-state index in [0.29, 0.717) is 5.75 Å². The molecule has 3 aromatic rings. The molecule has 0 aliphatic rings. The van der Waals surface area contributed by atoms with Gasteiger partial charge in [0, 0.05) is 20.6 Å². The molecule has 2 nitrogen and oxygen atoms in total. The van der Waals surface area contributed by atoms with E-state index < -0.39 is 0 Å². The van der Waals surface area contributed by atoms with Crippen molar-refractivity contribution < 1.29 is 4.79 Å². The van der Waals surface area contributed by atoms with E-state index >= 15 is 0 Å². The Kier molecular flexibility index (Phi) is 7.06. The minimum atomic E-state index is -0.00172. The standard InChI is InChI=1S/C21H18ClNOS2/c22-17-8-6-7-16(13-17)14-25-15-21(24)23-19-11-4-5-12-20(19)26-18-9-2-1-3-10-18/h1-13H,14-15H2,(H,23,24). The maximum Gasteiger partial charge on any atom is 0.234 e. The molecule has 26 heavy (non-hydrogen) atoms. The summed E-state index contributed by atoms with van der Waals surface area (Å²) in [4.78, 5) is 14.5. The van der Waals surface area contributed by atoms with Crippen LogP contribution in [0.2, 0.25) is 5.02 Å². The zero-order valence-corrected chi connectivity index (χ0v) is 16.4. The van der Waals surface area contributed by atoms with Gasteiger partial charge in [-0.3, -0.25) is 4.79 Å². The summed E-state index contributed by atoms with van der Waals surface area (Å²) >= 11 is 9.20. The van der Waals surface area contributed by atoms with Crippen LogP contribution >= 0.6 is 35.1 Å². The lowest BCUT2D eigenvalue weighted by molar-refractivity contribution is -0.113. The maximum absolute atomic E-state index is 12.3. The lowest BCUT2D eigenvalue weighted by Crippen LogP contribution is -2.14. The number of thioether (sulfide) groups is 1. The second-order valence-corrected chi connectivity index (χ2v) is 8.12. The van der Waals surface area contributed by atoms with Crippen molar-refractivity contribution in [3.63, 3.8) is 0 Å². The summed E-state index contributed by atoms with van der Waals surface area (Å²) in [6.07, 6.45) is 0. The molecule has 0 heterocycles. The van der Waals surface area contributed by atoms with Gasteiger partial charge in [-0.05, 0) is 42.0 Å². The molecule has 3 rings (SSSR count). The molecule has 5 heteroatoms. The van der Waals surface area contributed by atoms with Crippen molar-refractivity contribution in [2.75, 3.05) is 11.1 Å². The molecule has 1 amide bonds. The largest absolute Gasteiger partial charge is 0.324 e. The van der Waals surface area contributed by atoms with Gasteiger partial charge in [-0.25, -0.2) is 0 Å². The molecule has 0 spiro atoms. The Labute approximate surface area is 167 Å².